The Morgan fingerprint density at radius 3 is 2.63 bits per heavy atom. The van der Waals surface area contributed by atoms with Crippen LogP contribution < -0.4 is 14.4 Å². The number of aromatic nitrogens is 2. The molecule has 0 unspecified atom stereocenters. The maximum atomic E-state index is 12.9. The van der Waals surface area contributed by atoms with Gasteiger partial charge in [0.2, 0.25) is 10.0 Å². The smallest absolute Gasteiger partial charge is 0.263 e. The van der Waals surface area contributed by atoms with Gasteiger partial charge in [0.15, 0.2) is 6.10 Å². The highest BCUT2D eigenvalue weighted by molar-refractivity contribution is 7.92. The monoisotopic (exact) mass is 426 g/mol. The summed E-state index contributed by atoms with van der Waals surface area (Å²) in [6, 6.07) is 14.5. The topological polar surface area (TPSA) is 93.5 Å². The van der Waals surface area contributed by atoms with Gasteiger partial charge in [-0.25, -0.2) is 13.4 Å². The van der Waals surface area contributed by atoms with Crippen molar-refractivity contribution in [2.24, 2.45) is 0 Å². The lowest BCUT2D eigenvalue weighted by atomic mass is 10.1. The van der Waals surface area contributed by atoms with E-state index >= 15 is 0 Å². The molecule has 1 amide bonds. The number of para-hydroxylation sites is 3. The van der Waals surface area contributed by atoms with Crippen LogP contribution >= 0.6 is 0 Å². The maximum Gasteiger partial charge on any atom is 0.263 e. The molecule has 3 aromatic rings. The number of anilines is 1. The summed E-state index contributed by atoms with van der Waals surface area (Å²) >= 11 is 0. The molecule has 156 valence electrons. The van der Waals surface area contributed by atoms with Crippen molar-refractivity contribution in [3.8, 4) is 11.4 Å². The van der Waals surface area contributed by atoms with E-state index in [1.807, 2.05) is 35.0 Å². The van der Waals surface area contributed by atoms with Crippen molar-refractivity contribution in [2.75, 3.05) is 16.6 Å². The molecule has 1 aliphatic heterocycles. The van der Waals surface area contributed by atoms with Crippen LogP contribution in [0.4, 0.5) is 5.69 Å². The van der Waals surface area contributed by atoms with Gasteiger partial charge in [0.05, 0.1) is 30.0 Å². The number of ether oxygens (including phenoxy) is 1. The Balaban J connectivity index is 1.53. The molecule has 0 radical (unpaired) electrons. The molecular weight excluding hydrogens is 404 g/mol. The van der Waals surface area contributed by atoms with E-state index in [1.54, 1.807) is 43.7 Å². The quantitative estimate of drug-likeness (QED) is 0.652. The van der Waals surface area contributed by atoms with Gasteiger partial charge in [0.25, 0.3) is 5.91 Å². The first-order valence-corrected chi connectivity index (χ1v) is 11.2. The number of fused-ring (bicyclic) bond motifs is 1. The first-order valence-electron chi connectivity index (χ1n) is 9.59. The highest BCUT2D eigenvalue weighted by atomic mass is 32.2. The van der Waals surface area contributed by atoms with E-state index in [0.717, 1.165) is 11.3 Å². The molecule has 0 bridgehead atoms. The predicted octanol–water partition coefficient (Wildman–Crippen LogP) is 2.11. The average Bonchev–Trinajstić information content (AvgIpc) is 3.31. The molecule has 0 fully saturated rings. The fourth-order valence-electron chi connectivity index (χ4n) is 3.37. The summed E-state index contributed by atoms with van der Waals surface area (Å²) in [7, 11) is -3.54. The lowest BCUT2D eigenvalue weighted by Gasteiger charge is -2.34. The van der Waals surface area contributed by atoms with Gasteiger partial charge in [0.1, 0.15) is 5.75 Å². The van der Waals surface area contributed by atoms with Crippen molar-refractivity contribution in [3.05, 3.63) is 72.8 Å². The molecule has 0 spiro atoms. The molecule has 0 saturated carbocycles. The van der Waals surface area contributed by atoms with Crippen LogP contribution in [0.25, 0.3) is 5.69 Å². The fourth-order valence-corrected chi connectivity index (χ4v) is 4.49. The van der Waals surface area contributed by atoms with Crippen LogP contribution in [0, 0.1) is 0 Å². The molecule has 8 nitrogen and oxygen atoms in total. The van der Waals surface area contributed by atoms with Crippen LogP contribution in [-0.2, 0) is 21.4 Å². The minimum atomic E-state index is -3.54. The summed E-state index contributed by atoms with van der Waals surface area (Å²) in [5.74, 6) is -0.0606. The number of hydrogen-bond acceptors (Lipinski definition) is 5. The Hall–Kier alpha value is -3.33. The molecule has 2 aromatic carbocycles. The number of amides is 1. The van der Waals surface area contributed by atoms with Crippen molar-refractivity contribution in [1.82, 2.24) is 14.9 Å². The molecule has 30 heavy (non-hydrogen) atoms. The Morgan fingerprint density at radius 2 is 1.90 bits per heavy atom. The zero-order valence-corrected chi connectivity index (χ0v) is 17.2. The maximum absolute atomic E-state index is 12.9. The van der Waals surface area contributed by atoms with Gasteiger partial charge < -0.3 is 14.6 Å². The summed E-state index contributed by atoms with van der Waals surface area (Å²) in [5, 5.41) is 2.87. The molecular formula is C21H22N4O4S. The summed E-state index contributed by atoms with van der Waals surface area (Å²) in [6.07, 6.45) is 4.26. The van der Waals surface area contributed by atoms with E-state index in [-0.39, 0.29) is 24.7 Å². The molecule has 9 heteroatoms. The van der Waals surface area contributed by atoms with Crippen molar-refractivity contribution >= 4 is 21.6 Å². The van der Waals surface area contributed by atoms with E-state index < -0.39 is 16.1 Å². The van der Waals surface area contributed by atoms with Gasteiger partial charge in [-0.3, -0.25) is 9.10 Å². The summed E-state index contributed by atoms with van der Waals surface area (Å²) in [6.45, 7) is 1.78. The minimum Gasteiger partial charge on any atom is -0.476 e. The standard InChI is InChI=1S/C21H22N4O4S/c1-2-30(27,28)25-14-20(29-19-10-6-5-9-18(19)25)21(26)23-13-16-7-3-4-8-17(16)24-12-11-22-15-24/h3-12,15,20H,2,13-14H2,1H3,(H,23,26)/t20-/m0/s1. The number of nitrogens with zero attached hydrogens (tertiary/aromatic N) is 3. The highest BCUT2D eigenvalue weighted by Crippen LogP contribution is 2.35. The number of hydrogen-bond donors (Lipinski definition) is 1. The fraction of sp³-hybridized carbons (Fsp3) is 0.238. The third-order valence-electron chi connectivity index (χ3n) is 4.96. The molecule has 2 heterocycles. The van der Waals surface area contributed by atoms with Crippen LogP contribution in [0.2, 0.25) is 0 Å². The van der Waals surface area contributed by atoms with Gasteiger partial charge in [-0.1, -0.05) is 30.3 Å². The first kappa shape index (κ1) is 20.0. The molecule has 0 aliphatic carbocycles. The zero-order chi connectivity index (χ0) is 21.1. The number of nitrogens with one attached hydrogen (secondary N) is 1. The van der Waals surface area contributed by atoms with Crippen molar-refractivity contribution in [1.29, 1.82) is 0 Å². The summed E-state index contributed by atoms with van der Waals surface area (Å²) in [5.41, 5.74) is 2.26. The van der Waals surface area contributed by atoms with E-state index in [1.165, 1.54) is 4.31 Å². The van der Waals surface area contributed by atoms with E-state index in [9.17, 15) is 13.2 Å². The number of sulfonamides is 1. The minimum absolute atomic E-state index is 0.0616. The van der Waals surface area contributed by atoms with Gasteiger partial charge in [-0.15, -0.1) is 0 Å². The van der Waals surface area contributed by atoms with E-state index in [0.29, 0.717) is 11.4 Å². The number of carbonyl (C=O) groups excluding carboxylic acids is 1. The molecule has 1 atom stereocenters. The van der Waals surface area contributed by atoms with Crippen molar-refractivity contribution < 1.29 is 17.9 Å². The summed E-state index contributed by atoms with van der Waals surface area (Å²) in [4.78, 5) is 16.9. The van der Waals surface area contributed by atoms with Gasteiger partial charge in [0, 0.05) is 18.9 Å². The van der Waals surface area contributed by atoms with Crippen LogP contribution in [-0.4, -0.2) is 42.3 Å². The molecule has 1 N–H and O–H groups in total. The molecule has 1 aliphatic rings. The second kappa shape index (κ2) is 8.19. The summed E-state index contributed by atoms with van der Waals surface area (Å²) < 4.78 is 34.1. The third-order valence-corrected chi connectivity index (χ3v) is 6.70. The third kappa shape index (κ3) is 3.88. The number of imidazole rings is 1. The SMILES string of the molecule is CCS(=O)(=O)N1C[C@@H](C(=O)NCc2ccccc2-n2ccnc2)Oc2ccccc21. The first-order chi connectivity index (χ1) is 14.5. The Bertz CT molecular complexity index is 1150. The van der Waals surface area contributed by atoms with Gasteiger partial charge in [-0.2, -0.15) is 0 Å². The zero-order valence-electron chi connectivity index (χ0n) is 16.4. The normalized spacial score (nSPS) is 15.9. The van der Waals surface area contributed by atoms with E-state index in [4.69, 9.17) is 4.74 Å². The molecule has 4 rings (SSSR count). The number of carbonyl (C=O) groups is 1. The van der Waals surface area contributed by atoms with Gasteiger partial charge in [-0.05, 0) is 30.7 Å². The van der Waals surface area contributed by atoms with Gasteiger partial charge >= 0.3 is 0 Å². The highest BCUT2D eigenvalue weighted by Gasteiger charge is 2.35. The number of rotatable bonds is 6. The van der Waals surface area contributed by atoms with Crippen LogP contribution in [0.1, 0.15) is 12.5 Å². The average molecular weight is 426 g/mol. The predicted molar refractivity (Wildman–Crippen MR) is 113 cm³/mol. The van der Waals surface area contributed by atoms with Crippen LogP contribution in [0.15, 0.2) is 67.3 Å². The lowest BCUT2D eigenvalue weighted by molar-refractivity contribution is -0.127. The Labute approximate surface area is 175 Å². The van der Waals surface area contributed by atoms with Crippen molar-refractivity contribution in [3.63, 3.8) is 0 Å². The Kier molecular flexibility index (Phi) is 5.45. The van der Waals surface area contributed by atoms with E-state index in [2.05, 4.69) is 10.3 Å². The van der Waals surface area contributed by atoms with Crippen molar-refractivity contribution in [2.45, 2.75) is 19.6 Å². The largest absolute Gasteiger partial charge is 0.476 e. The second-order valence-electron chi connectivity index (χ2n) is 6.82. The molecule has 0 saturated heterocycles. The second-order valence-corrected chi connectivity index (χ2v) is 9.00. The van der Waals surface area contributed by atoms with Crippen LogP contribution in [0.3, 0.4) is 0 Å². The van der Waals surface area contributed by atoms with Crippen LogP contribution in [0.5, 0.6) is 5.75 Å². The number of benzene rings is 2. The Morgan fingerprint density at radius 1 is 1.17 bits per heavy atom. The molecule has 1 aromatic heterocycles. The lowest BCUT2D eigenvalue weighted by Crippen LogP contribution is -2.50.